The Bertz CT molecular complexity index is 94.0. The van der Waals surface area contributed by atoms with E-state index < -0.39 is 19.8 Å². The number of hydrogen-bond acceptors (Lipinski definition) is 3. The van der Waals surface area contributed by atoms with Gasteiger partial charge in [0, 0.05) is 0 Å². The van der Waals surface area contributed by atoms with E-state index in [2.05, 4.69) is 4.52 Å². The van der Waals surface area contributed by atoms with Gasteiger partial charge in [-0.05, 0) is 0 Å². The average molecular weight is 156 g/mol. The van der Waals surface area contributed by atoms with Crippen LogP contribution in [0, 0.1) is 0 Å². The lowest BCUT2D eigenvalue weighted by molar-refractivity contribution is 0.365. The minimum absolute atomic E-state index is 0.00917. The first-order valence-electron chi connectivity index (χ1n) is 1.79. The molecular formula is C2H5O4PS. The van der Waals surface area contributed by atoms with Gasteiger partial charge in [-0.3, -0.25) is 4.52 Å². The van der Waals surface area contributed by atoms with Crippen molar-refractivity contribution in [3.8, 4) is 0 Å². The van der Waals surface area contributed by atoms with Crippen LogP contribution < -0.4 is 0 Å². The van der Waals surface area contributed by atoms with Crippen LogP contribution in [0.4, 0.5) is 0 Å². The summed E-state index contributed by atoms with van der Waals surface area (Å²) in [5.41, 5.74) is 0. The standard InChI is InChI=1S/C2H5O4PS/c3-7-6-1-2-8(4)5/h1-2H2,(H,4,5). The van der Waals surface area contributed by atoms with Crippen LogP contribution in [0.15, 0.2) is 0 Å². The topological polar surface area (TPSA) is 63.6 Å². The van der Waals surface area contributed by atoms with Gasteiger partial charge in [0.05, 0.1) is 12.4 Å². The zero-order valence-electron chi connectivity index (χ0n) is 3.94. The summed E-state index contributed by atoms with van der Waals surface area (Å²) in [5, 5.41) is 0. The lowest BCUT2D eigenvalue weighted by Crippen LogP contribution is -1.99. The molecule has 0 radical (unpaired) electrons. The summed E-state index contributed by atoms with van der Waals surface area (Å²) in [7, 11) is -0.445. The Morgan fingerprint density at radius 3 is 2.75 bits per heavy atom. The Labute approximate surface area is 50.8 Å². The molecule has 0 aliphatic heterocycles. The molecule has 0 aliphatic carbocycles. The summed E-state index contributed by atoms with van der Waals surface area (Å²) < 4.78 is 31.6. The molecule has 4 nitrogen and oxygen atoms in total. The maximum absolute atomic E-state index is 9.80. The van der Waals surface area contributed by atoms with Crippen molar-refractivity contribution in [3.05, 3.63) is 0 Å². The lowest BCUT2D eigenvalue weighted by atomic mass is 10.9. The van der Waals surface area contributed by atoms with E-state index in [1.165, 1.54) is 0 Å². The zero-order valence-corrected chi connectivity index (χ0v) is 5.65. The molecule has 0 saturated carbocycles. The Morgan fingerprint density at radius 1 is 1.75 bits per heavy atom. The monoisotopic (exact) mass is 156 g/mol. The van der Waals surface area contributed by atoms with Crippen molar-refractivity contribution in [2.24, 2.45) is 0 Å². The molecular weight excluding hydrogens is 151 g/mol. The van der Waals surface area contributed by atoms with E-state index >= 15 is 0 Å². The summed E-state index contributed by atoms with van der Waals surface area (Å²) in [6, 6.07) is 0. The summed E-state index contributed by atoms with van der Waals surface area (Å²) in [6.45, 7) is 0.0498. The van der Waals surface area contributed by atoms with Gasteiger partial charge in [0.2, 0.25) is 0 Å². The van der Waals surface area contributed by atoms with E-state index in [9.17, 15) is 8.77 Å². The minimum Gasteiger partial charge on any atom is -0.306 e. The molecule has 0 spiro atoms. The van der Waals surface area contributed by atoms with Crippen LogP contribution in [0.25, 0.3) is 0 Å². The van der Waals surface area contributed by atoms with Crippen LogP contribution in [-0.2, 0) is 20.2 Å². The normalized spacial score (nSPS) is 14.1. The van der Waals surface area contributed by atoms with E-state index in [1.54, 1.807) is 0 Å². The van der Waals surface area contributed by atoms with Crippen LogP contribution in [0.2, 0.25) is 0 Å². The van der Waals surface area contributed by atoms with Crippen molar-refractivity contribution in [3.63, 3.8) is 0 Å². The van der Waals surface area contributed by atoms with E-state index in [4.69, 9.17) is 4.55 Å². The Kier molecular flexibility index (Phi) is 5.42. The first kappa shape index (κ1) is 8.17. The number of rotatable bonds is 4. The third kappa shape index (κ3) is 6.17. The third-order valence-corrected chi connectivity index (χ3v) is 1.21. The highest BCUT2D eigenvalue weighted by Gasteiger charge is 1.90. The fourth-order valence-corrected chi connectivity index (χ4v) is 0.661. The quantitative estimate of drug-likeness (QED) is 0.364. The van der Waals surface area contributed by atoms with Crippen molar-refractivity contribution in [2.75, 3.05) is 12.4 Å². The molecule has 48 valence electrons. The molecule has 0 aromatic carbocycles. The van der Waals surface area contributed by atoms with Gasteiger partial charge in [0.15, 0.2) is 11.1 Å². The predicted molar refractivity (Wildman–Crippen MR) is 29.2 cm³/mol. The molecule has 0 rings (SSSR count). The van der Waals surface area contributed by atoms with Gasteiger partial charge in [0.1, 0.15) is 0 Å². The van der Waals surface area contributed by atoms with Crippen LogP contribution in [0.1, 0.15) is 0 Å². The van der Waals surface area contributed by atoms with E-state index in [0.717, 1.165) is 0 Å². The SMILES string of the molecule is O=POCCS(=O)O. The van der Waals surface area contributed by atoms with Gasteiger partial charge >= 0.3 is 8.69 Å². The first-order chi connectivity index (χ1) is 3.77. The van der Waals surface area contributed by atoms with Crippen molar-refractivity contribution in [1.82, 2.24) is 0 Å². The first-order valence-corrected chi connectivity index (χ1v) is 3.80. The molecule has 0 aromatic rings. The van der Waals surface area contributed by atoms with Gasteiger partial charge in [-0.25, -0.2) is 8.77 Å². The van der Waals surface area contributed by atoms with Gasteiger partial charge < -0.3 is 4.55 Å². The number of hydrogen-bond donors (Lipinski definition) is 1. The molecule has 0 fully saturated rings. The van der Waals surface area contributed by atoms with Crippen LogP contribution in [0.3, 0.4) is 0 Å². The van der Waals surface area contributed by atoms with Crippen molar-refractivity contribution in [2.45, 2.75) is 0 Å². The molecule has 1 N–H and O–H groups in total. The Hall–Kier alpha value is 0.170. The Morgan fingerprint density at radius 2 is 2.38 bits per heavy atom. The van der Waals surface area contributed by atoms with Gasteiger partial charge in [-0.2, -0.15) is 0 Å². The maximum atomic E-state index is 9.80. The molecule has 0 aromatic heterocycles. The molecule has 8 heavy (non-hydrogen) atoms. The summed E-state index contributed by atoms with van der Waals surface area (Å²) >= 11 is -1.84. The van der Waals surface area contributed by atoms with Gasteiger partial charge in [0.25, 0.3) is 0 Å². The summed E-state index contributed by atoms with van der Waals surface area (Å²) in [6.07, 6.45) is 0. The highest BCUT2D eigenvalue weighted by atomic mass is 32.2. The Balaban J connectivity index is 2.93. The molecule has 0 bridgehead atoms. The predicted octanol–water partition coefficient (Wildman–Crippen LogP) is 0.431. The fourth-order valence-electron chi connectivity index (χ4n) is 0.146. The smallest absolute Gasteiger partial charge is 0.306 e. The lowest BCUT2D eigenvalue weighted by Gasteiger charge is -1.87. The van der Waals surface area contributed by atoms with Crippen LogP contribution in [-0.4, -0.2) is 21.1 Å². The fraction of sp³-hybridized carbons (Fsp3) is 1.00. The molecule has 0 aliphatic rings. The third-order valence-electron chi connectivity index (χ3n) is 0.402. The van der Waals surface area contributed by atoms with E-state index in [0.29, 0.717) is 0 Å². The van der Waals surface area contributed by atoms with Crippen molar-refractivity contribution < 1.29 is 17.9 Å². The second-order valence-corrected chi connectivity index (χ2v) is 2.39. The molecule has 0 amide bonds. The van der Waals surface area contributed by atoms with Crippen LogP contribution in [0.5, 0.6) is 0 Å². The van der Waals surface area contributed by atoms with E-state index in [1.807, 2.05) is 0 Å². The average Bonchev–Trinajstić information content (AvgIpc) is 1.66. The highest BCUT2D eigenvalue weighted by Crippen LogP contribution is 1.92. The minimum atomic E-state index is -1.84. The summed E-state index contributed by atoms with van der Waals surface area (Å²) in [5.74, 6) is 0.00917. The van der Waals surface area contributed by atoms with Gasteiger partial charge in [-0.15, -0.1) is 0 Å². The van der Waals surface area contributed by atoms with E-state index in [-0.39, 0.29) is 12.4 Å². The molecule has 1 atom stereocenters. The summed E-state index contributed by atoms with van der Waals surface area (Å²) in [4.78, 5) is 0. The van der Waals surface area contributed by atoms with Crippen molar-refractivity contribution in [1.29, 1.82) is 0 Å². The maximum Gasteiger partial charge on any atom is 0.327 e. The highest BCUT2D eigenvalue weighted by molar-refractivity contribution is 7.79. The molecule has 1 unspecified atom stereocenters. The largest absolute Gasteiger partial charge is 0.327 e. The second-order valence-electron chi connectivity index (χ2n) is 0.933. The molecule has 0 saturated heterocycles. The molecule has 6 heteroatoms. The second kappa shape index (κ2) is 5.31. The molecule has 0 heterocycles. The van der Waals surface area contributed by atoms with Gasteiger partial charge in [-0.1, -0.05) is 0 Å². The van der Waals surface area contributed by atoms with Crippen molar-refractivity contribution >= 4 is 19.8 Å². The van der Waals surface area contributed by atoms with Crippen LogP contribution >= 0.6 is 8.69 Å². The zero-order chi connectivity index (χ0) is 6.41.